The van der Waals surface area contributed by atoms with E-state index in [4.69, 9.17) is 0 Å². The Morgan fingerprint density at radius 3 is 2.62 bits per heavy atom. The van der Waals surface area contributed by atoms with Gasteiger partial charge in [0, 0.05) is 17.6 Å². The number of piperidine rings is 1. The van der Waals surface area contributed by atoms with E-state index in [-0.39, 0.29) is 0 Å². The lowest BCUT2D eigenvalue weighted by atomic mass is 9.98. The van der Waals surface area contributed by atoms with Crippen molar-refractivity contribution < 1.29 is 8.42 Å². The Morgan fingerprint density at radius 1 is 1.43 bits per heavy atom. The molecule has 1 aliphatic heterocycles. The summed E-state index contributed by atoms with van der Waals surface area (Å²) >= 11 is 4.60. The van der Waals surface area contributed by atoms with E-state index in [1.807, 2.05) is 0 Å². The molecule has 1 N–H and O–H groups in total. The van der Waals surface area contributed by atoms with Gasteiger partial charge in [-0.2, -0.15) is 4.31 Å². The molecule has 21 heavy (non-hydrogen) atoms. The van der Waals surface area contributed by atoms with Gasteiger partial charge in [-0.3, -0.25) is 0 Å². The quantitative estimate of drug-likeness (QED) is 0.805. The van der Waals surface area contributed by atoms with Gasteiger partial charge < -0.3 is 5.32 Å². The van der Waals surface area contributed by atoms with Gasteiger partial charge in [0.2, 0.25) is 0 Å². The number of hydrogen-bond acceptors (Lipinski definition) is 4. The van der Waals surface area contributed by atoms with Gasteiger partial charge in [-0.05, 0) is 65.1 Å². The lowest BCUT2D eigenvalue weighted by Gasteiger charge is -2.31. The van der Waals surface area contributed by atoms with E-state index in [0.717, 1.165) is 25.9 Å². The first-order valence-corrected chi connectivity index (χ1v) is 10.5. The molecule has 1 fully saturated rings. The van der Waals surface area contributed by atoms with Crippen molar-refractivity contribution in [2.75, 3.05) is 26.2 Å². The Hall–Kier alpha value is 0.0500. The average molecular weight is 395 g/mol. The summed E-state index contributed by atoms with van der Waals surface area (Å²) in [6.07, 6.45) is 1.88. The molecule has 1 aromatic heterocycles. The first kappa shape index (κ1) is 17.4. The topological polar surface area (TPSA) is 49.4 Å². The summed E-state index contributed by atoms with van der Waals surface area (Å²) in [4.78, 5) is 0. The zero-order valence-corrected chi connectivity index (χ0v) is 15.7. The molecule has 0 amide bonds. The molecule has 7 heteroatoms. The fourth-order valence-electron chi connectivity index (χ4n) is 2.51. The molecule has 120 valence electrons. The van der Waals surface area contributed by atoms with Crippen LogP contribution in [-0.4, -0.2) is 38.9 Å². The lowest BCUT2D eigenvalue weighted by Crippen LogP contribution is -2.40. The first-order valence-electron chi connectivity index (χ1n) is 7.35. The number of hydrogen-bond donors (Lipinski definition) is 1. The van der Waals surface area contributed by atoms with Gasteiger partial charge in [0.05, 0.1) is 0 Å². The first-order chi connectivity index (χ1) is 9.91. The molecule has 1 saturated heterocycles. The fraction of sp³-hybridized carbons (Fsp3) is 0.714. The number of rotatable bonds is 6. The molecule has 0 aromatic carbocycles. The second kappa shape index (κ2) is 7.55. The molecule has 2 heterocycles. The highest BCUT2D eigenvalue weighted by molar-refractivity contribution is 9.10. The van der Waals surface area contributed by atoms with Crippen molar-refractivity contribution in [3.05, 3.63) is 15.9 Å². The van der Waals surface area contributed by atoms with E-state index < -0.39 is 10.0 Å². The molecular formula is C14H23BrN2O2S2. The van der Waals surface area contributed by atoms with Crippen molar-refractivity contribution in [3.8, 4) is 0 Å². The molecule has 2 rings (SSSR count). The molecular weight excluding hydrogens is 372 g/mol. The van der Waals surface area contributed by atoms with Gasteiger partial charge in [-0.1, -0.05) is 13.8 Å². The van der Waals surface area contributed by atoms with Crippen LogP contribution in [0.4, 0.5) is 0 Å². The minimum Gasteiger partial charge on any atom is -0.316 e. The summed E-state index contributed by atoms with van der Waals surface area (Å²) in [5.41, 5.74) is 0. The second-order valence-corrected chi connectivity index (χ2v) is 9.86. The smallest absolute Gasteiger partial charge is 0.253 e. The summed E-state index contributed by atoms with van der Waals surface area (Å²) in [7, 11) is -3.32. The van der Waals surface area contributed by atoms with E-state index in [1.54, 1.807) is 15.8 Å². The minimum absolute atomic E-state index is 0.430. The third-order valence-corrected chi connectivity index (χ3v) is 8.26. The van der Waals surface area contributed by atoms with Crippen LogP contribution in [0.15, 0.2) is 20.1 Å². The molecule has 4 nitrogen and oxygen atoms in total. The summed E-state index contributed by atoms with van der Waals surface area (Å²) in [6, 6.07) is 1.79. The third-order valence-electron chi connectivity index (χ3n) is 3.72. The highest BCUT2D eigenvalue weighted by Crippen LogP contribution is 2.32. The molecule has 0 atom stereocenters. The van der Waals surface area contributed by atoms with E-state index in [2.05, 4.69) is 35.1 Å². The maximum Gasteiger partial charge on any atom is 0.253 e. The summed E-state index contributed by atoms with van der Waals surface area (Å²) in [6.45, 7) is 7.67. The van der Waals surface area contributed by atoms with Crippen LogP contribution < -0.4 is 5.32 Å². The Balaban J connectivity index is 1.88. The van der Waals surface area contributed by atoms with E-state index in [9.17, 15) is 8.42 Å². The monoisotopic (exact) mass is 394 g/mol. The van der Waals surface area contributed by atoms with Crippen molar-refractivity contribution in [2.24, 2.45) is 11.8 Å². The number of nitrogens with one attached hydrogen (secondary N) is 1. The molecule has 0 aliphatic carbocycles. The Kier molecular flexibility index (Phi) is 6.25. The van der Waals surface area contributed by atoms with Crippen LogP contribution in [0.1, 0.15) is 26.7 Å². The standard InChI is InChI=1S/C14H23BrN2O2S2/c1-11(2)9-16-10-12-3-6-17(7-4-12)21(18,19)14-13(15)5-8-20-14/h5,8,11-12,16H,3-4,6-7,9-10H2,1-2H3. The second-order valence-electron chi connectivity index (χ2n) is 5.96. The highest BCUT2D eigenvalue weighted by Gasteiger charge is 2.31. The van der Waals surface area contributed by atoms with Crippen LogP contribution in [-0.2, 0) is 10.0 Å². The van der Waals surface area contributed by atoms with Crippen molar-refractivity contribution in [2.45, 2.75) is 30.9 Å². The Labute approximate surface area is 140 Å². The van der Waals surface area contributed by atoms with E-state index >= 15 is 0 Å². The van der Waals surface area contributed by atoms with Crippen molar-refractivity contribution >= 4 is 37.3 Å². The normalized spacial score (nSPS) is 18.5. The van der Waals surface area contributed by atoms with Crippen molar-refractivity contribution in [1.82, 2.24) is 9.62 Å². The highest BCUT2D eigenvalue weighted by atomic mass is 79.9. The maximum atomic E-state index is 12.6. The molecule has 1 aliphatic rings. The lowest BCUT2D eigenvalue weighted by molar-refractivity contribution is 0.266. The van der Waals surface area contributed by atoms with Crippen LogP contribution >= 0.6 is 27.3 Å². The van der Waals surface area contributed by atoms with Crippen molar-refractivity contribution in [3.63, 3.8) is 0 Å². The molecule has 0 saturated carbocycles. The third kappa shape index (κ3) is 4.51. The predicted octanol–water partition coefficient (Wildman–Crippen LogP) is 3.16. The molecule has 0 bridgehead atoms. The van der Waals surface area contributed by atoms with E-state index in [0.29, 0.717) is 33.6 Å². The van der Waals surface area contributed by atoms with Crippen LogP contribution in [0.5, 0.6) is 0 Å². The van der Waals surface area contributed by atoms with Crippen LogP contribution in [0, 0.1) is 11.8 Å². The van der Waals surface area contributed by atoms with Gasteiger partial charge in [0.15, 0.2) is 0 Å². The fourth-order valence-corrected chi connectivity index (χ4v) is 6.43. The minimum atomic E-state index is -3.32. The molecule has 0 spiro atoms. The van der Waals surface area contributed by atoms with E-state index in [1.165, 1.54) is 11.3 Å². The average Bonchev–Trinajstić information content (AvgIpc) is 2.86. The number of nitrogens with zero attached hydrogens (tertiary/aromatic N) is 1. The molecule has 0 radical (unpaired) electrons. The summed E-state index contributed by atoms with van der Waals surface area (Å²) in [5.74, 6) is 1.24. The Bertz CT molecular complexity index is 549. The number of thiophene rings is 1. The molecule has 1 aromatic rings. The van der Waals surface area contributed by atoms with Gasteiger partial charge in [-0.15, -0.1) is 11.3 Å². The zero-order chi connectivity index (χ0) is 15.5. The number of halogens is 1. The zero-order valence-electron chi connectivity index (χ0n) is 12.5. The number of sulfonamides is 1. The summed E-state index contributed by atoms with van der Waals surface area (Å²) in [5, 5.41) is 5.28. The van der Waals surface area contributed by atoms with Gasteiger partial charge in [0.1, 0.15) is 4.21 Å². The summed E-state index contributed by atoms with van der Waals surface area (Å²) < 4.78 is 27.9. The maximum absolute atomic E-state index is 12.6. The largest absolute Gasteiger partial charge is 0.316 e. The van der Waals surface area contributed by atoms with Gasteiger partial charge in [0.25, 0.3) is 10.0 Å². The van der Waals surface area contributed by atoms with Crippen LogP contribution in [0.2, 0.25) is 0 Å². The van der Waals surface area contributed by atoms with Gasteiger partial charge in [-0.25, -0.2) is 8.42 Å². The van der Waals surface area contributed by atoms with Gasteiger partial charge >= 0.3 is 0 Å². The predicted molar refractivity (Wildman–Crippen MR) is 91.2 cm³/mol. The molecule has 0 unspecified atom stereocenters. The Morgan fingerprint density at radius 2 is 2.10 bits per heavy atom. The van der Waals surface area contributed by atoms with Crippen molar-refractivity contribution in [1.29, 1.82) is 0 Å². The van der Waals surface area contributed by atoms with Crippen LogP contribution in [0.25, 0.3) is 0 Å². The van der Waals surface area contributed by atoms with Crippen LogP contribution in [0.3, 0.4) is 0 Å². The SMILES string of the molecule is CC(C)CNCC1CCN(S(=O)(=O)c2sccc2Br)CC1.